The van der Waals surface area contributed by atoms with E-state index in [1.54, 1.807) is 24.4 Å². The number of rotatable bonds is 5. The quantitative estimate of drug-likeness (QED) is 0.440. The average Bonchev–Trinajstić information content (AvgIpc) is 3.18. The maximum Gasteiger partial charge on any atom is 0.436 e. The number of aryl methyl sites for hydroxylation is 1. The lowest BCUT2D eigenvalue weighted by Crippen LogP contribution is -2.45. The number of anilines is 2. The van der Waals surface area contributed by atoms with Crippen LogP contribution in [-0.4, -0.2) is 53.3 Å². The van der Waals surface area contributed by atoms with Gasteiger partial charge in [-0.15, -0.1) is 0 Å². The number of carbonyl (C=O) groups is 2. The summed E-state index contributed by atoms with van der Waals surface area (Å²) < 4.78 is 59.3. The summed E-state index contributed by atoms with van der Waals surface area (Å²) in [5.41, 5.74) is 0.764. The number of hydrogen-bond acceptors (Lipinski definition) is 6. The Labute approximate surface area is 227 Å². The van der Waals surface area contributed by atoms with E-state index in [1.807, 2.05) is 13.0 Å². The molecule has 40 heavy (non-hydrogen) atoms. The lowest BCUT2D eigenvalue weighted by Gasteiger charge is -2.37. The zero-order valence-electron chi connectivity index (χ0n) is 21.5. The number of alkyl halides is 3. The summed E-state index contributed by atoms with van der Waals surface area (Å²) in [6.45, 7) is 2.71. The second-order valence-electron chi connectivity index (χ2n) is 9.76. The third kappa shape index (κ3) is 5.16. The molecule has 2 aliphatic rings. The highest BCUT2D eigenvalue weighted by molar-refractivity contribution is 6.05. The van der Waals surface area contributed by atoms with Gasteiger partial charge in [0.2, 0.25) is 5.91 Å². The molecule has 1 aromatic carbocycles. The molecule has 2 aliphatic heterocycles. The van der Waals surface area contributed by atoms with Crippen molar-refractivity contribution in [1.29, 1.82) is 0 Å². The fourth-order valence-corrected chi connectivity index (χ4v) is 5.36. The zero-order valence-corrected chi connectivity index (χ0v) is 21.5. The van der Waals surface area contributed by atoms with Crippen molar-refractivity contribution in [1.82, 2.24) is 9.97 Å². The van der Waals surface area contributed by atoms with Crippen molar-refractivity contribution in [3.8, 4) is 11.1 Å². The van der Waals surface area contributed by atoms with Crippen LogP contribution in [0.15, 0.2) is 42.7 Å². The average molecular weight is 559 g/mol. The first-order chi connectivity index (χ1) is 19.1. The van der Waals surface area contributed by atoms with Gasteiger partial charge in [0.05, 0.1) is 18.7 Å². The molecule has 1 fully saturated rings. The van der Waals surface area contributed by atoms with Crippen molar-refractivity contribution in [3.05, 3.63) is 70.9 Å². The van der Waals surface area contributed by atoms with E-state index >= 15 is 0 Å². The molecule has 0 bridgehead atoms. The SMILES string of the molecule is Cc1ccc(NC(=O)c2ccnc(C(F)(F)F)c2F)cc1-c1cnc2c(c1)[C@H]1CCOCC[C@@H]1C(=O)N2CCO. The lowest BCUT2D eigenvalue weighted by molar-refractivity contribution is -0.143. The first-order valence-corrected chi connectivity index (χ1v) is 12.7. The van der Waals surface area contributed by atoms with Crippen molar-refractivity contribution >= 4 is 23.3 Å². The monoisotopic (exact) mass is 558 g/mol. The van der Waals surface area contributed by atoms with Gasteiger partial charge in [-0.3, -0.25) is 14.5 Å². The Bertz CT molecular complexity index is 1460. The van der Waals surface area contributed by atoms with Crippen LogP contribution in [0.1, 0.15) is 45.9 Å². The molecule has 0 aliphatic carbocycles. The van der Waals surface area contributed by atoms with Gasteiger partial charge in [0, 0.05) is 48.7 Å². The van der Waals surface area contributed by atoms with E-state index in [9.17, 15) is 32.3 Å². The highest BCUT2D eigenvalue weighted by Crippen LogP contribution is 2.44. The number of β-amino-alcohol motifs (C(OH)–C–C–N with tert-alkyl or cyclic N) is 1. The van der Waals surface area contributed by atoms with Gasteiger partial charge in [0.15, 0.2) is 11.5 Å². The second-order valence-corrected chi connectivity index (χ2v) is 9.76. The molecule has 2 amide bonds. The van der Waals surface area contributed by atoms with Crippen LogP contribution in [0.4, 0.5) is 29.1 Å². The molecule has 12 heteroatoms. The Morgan fingerprint density at radius 2 is 1.90 bits per heavy atom. The van der Waals surface area contributed by atoms with Gasteiger partial charge in [-0.2, -0.15) is 13.2 Å². The maximum absolute atomic E-state index is 14.5. The number of pyridine rings is 2. The van der Waals surface area contributed by atoms with E-state index in [0.717, 1.165) is 23.4 Å². The molecule has 0 saturated carbocycles. The summed E-state index contributed by atoms with van der Waals surface area (Å²) in [4.78, 5) is 35.1. The fraction of sp³-hybridized carbons (Fsp3) is 0.357. The van der Waals surface area contributed by atoms with Crippen LogP contribution in [0.2, 0.25) is 0 Å². The molecule has 8 nitrogen and oxygen atoms in total. The number of nitrogens with zero attached hydrogens (tertiary/aromatic N) is 3. The number of benzene rings is 1. The topological polar surface area (TPSA) is 105 Å². The smallest absolute Gasteiger partial charge is 0.395 e. The largest absolute Gasteiger partial charge is 0.436 e. The summed E-state index contributed by atoms with van der Waals surface area (Å²) >= 11 is 0. The number of carbonyl (C=O) groups excluding carboxylic acids is 2. The van der Waals surface area contributed by atoms with Gasteiger partial charge < -0.3 is 15.2 Å². The van der Waals surface area contributed by atoms with Crippen LogP contribution in [0.25, 0.3) is 11.1 Å². The highest BCUT2D eigenvalue weighted by Gasteiger charge is 2.42. The summed E-state index contributed by atoms with van der Waals surface area (Å²) in [6.07, 6.45) is -1.53. The second kappa shape index (κ2) is 10.9. The van der Waals surface area contributed by atoms with Crippen LogP contribution >= 0.6 is 0 Å². The van der Waals surface area contributed by atoms with Gasteiger partial charge >= 0.3 is 6.18 Å². The molecular weight excluding hydrogens is 532 g/mol. The number of halogens is 4. The number of ether oxygens (including phenoxy) is 1. The molecule has 0 unspecified atom stereocenters. The van der Waals surface area contributed by atoms with Crippen LogP contribution in [0, 0.1) is 18.7 Å². The minimum atomic E-state index is -5.04. The fourth-order valence-electron chi connectivity index (χ4n) is 5.36. The Morgan fingerprint density at radius 3 is 2.62 bits per heavy atom. The summed E-state index contributed by atoms with van der Waals surface area (Å²) in [7, 11) is 0. The number of hydrogen-bond donors (Lipinski definition) is 2. The third-order valence-electron chi connectivity index (χ3n) is 7.30. The third-order valence-corrected chi connectivity index (χ3v) is 7.30. The van der Waals surface area contributed by atoms with Gasteiger partial charge in [-0.25, -0.2) is 14.4 Å². The van der Waals surface area contributed by atoms with Crippen LogP contribution in [0.5, 0.6) is 0 Å². The molecule has 2 atom stereocenters. The van der Waals surface area contributed by atoms with Gasteiger partial charge in [0.1, 0.15) is 5.82 Å². The van der Waals surface area contributed by atoms with Crippen molar-refractivity contribution < 1.29 is 37.0 Å². The van der Waals surface area contributed by atoms with Crippen LogP contribution in [0.3, 0.4) is 0 Å². The predicted octanol–water partition coefficient (Wildman–Crippen LogP) is 4.71. The van der Waals surface area contributed by atoms with Gasteiger partial charge in [0.25, 0.3) is 5.91 Å². The molecular formula is C28H26F4N4O4. The molecule has 0 spiro atoms. The first-order valence-electron chi connectivity index (χ1n) is 12.7. The Morgan fingerprint density at radius 1 is 1.15 bits per heavy atom. The number of nitrogens with one attached hydrogen (secondary N) is 1. The summed E-state index contributed by atoms with van der Waals surface area (Å²) in [5.74, 6) is -2.82. The van der Waals surface area contributed by atoms with Crippen molar-refractivity contribution in [2.75, 3.05) is 36.6 Å². The predicted molar refractivity (Wildman–Crippen MR) is 137 cm³/mol. The Kier molecular flexibility index (Phi) is 7.56. The molecule has 0 radical (unpaired) electrons. The summed E-state index contributed by atoms with van der Waals surface area (Å²) in [6, 6.07) is 7.74. The minimum absolute atomic E-state index is 0.0878. The maximum atomic E-state index is 14.5. The number of fused-ring (bicyclic) bond motifs is 3. The molecule has 4 heterocycles. The van der Waals surface area contributed by atoms with E-state index in [0.29, 0.717) is 43.0 Å². The van der Waals surface area contributed by atoms with E-state index < -0.39 is 29.2 Å². The molecule has 2 aromatic heterocycles. The van der Waals surface area contributed by atoms with Crippen molar-refractivity contribution in [3.63, 3.8) is 0 Å². The molecule has 2 N–H and O–H groups in total. The van der Waals surface area contributed by atoms with E-state index in [2.05, 4.69) is 15.3 Å². The molecule has 3 aromatic rings. The van der Waals surface area contributed by atoms with Crippen molar-refractivity contribution in [2.45, 2.75) is 31.9 Å². The normalized spacial score (nSPS) is 19.1. The van der Waals surface area contributed by atoms with Crippen LogP contribution < -0.4 is 10.2 Å². The number of aliphatic hydroxyl groups excluding tert-OH is 1. The van der Waals surface area contributed by atoms with Crippen LogP contribution in [-0.2, 0) is 15.7 Å². The van der Waals surface area contributed by atoms with Gasteiger partial charge in [-0.1, -0.05) is 6.07 Å². The summed E-state index contributed by atoms with van der Waals surface area (Å²) in [5, 5.41) is 12.0. The van der Waals surface area contributed by atoms with E-state index in [4.69, 9.17) is 4.74 Å². The molecule has 1 saturated heterocycles. The zero-order chi connectivity index (χ0) is 28.6. The van der Waals surface area contributed by atoms with Crippen molar-refractivity contribution in [2.24, 2.45) is 5.92 Å². The van der Waals surface area contributed by atoms with E-state index in [-0.39, 0.29) is 36.6 Å². The number of amides is 2. The standard InChI is InChI=1S/C28H26F4N4O4/c1-15-2-3-17(35-26(38)20-4-7-33-24(23(20)29)28(30,31)32)13-21(15)16-12-22-18-5-10-40-11-6-19(18)27(39)36(8-9-37)25(22)34-14-16/h2-4,7,12-14,18-19,37H,5-6,8-11H2,1H3,(H,35,38)/t18-,19-/m0/s1. The lowest BCUT2D eigenvalue weighted by atomic mass is 9.78. The van der Waals surface area contributed by atoms with Gasteiger partial charge in [-0.05, 0) is 60.7 Å². The Balaban J connectivity index is 1.49. The minimum Gasteiger partial charge on any atom is -0.395 e. The molecule has 5 rings (SSSR count). The Hall–Kier alpha value is -3.90. The molecule has 210 valence electrons. The highest BCUT2D eigenvalue weighted by atomic mass is 19.4. The number of aromatic nitrogens is 2. The first kappa shape index (κ1) is 27.7. The van der Waals surface area contributed by atoms with E-state index in [1.165, 1.54) is 4.90 Å². The number of aliphatic hydroxyl groups is 1.